The molecule has 0 atom stereocenters. The molecule has 0 saturated heterocycles. The first-order valence-electron chi connectivity index (χ1n) is 5.00. The van der Waals surface area contributed by atoms with Crippen molar-refractivity contribution in [1.82, 2.24) is 0 Å². The van der Waals surface area contributed by atoms with Crippen molar-refractivity contribution in [3.8, 4) is 0 Å². The van der Waals surface area contributed by atoms with Gasteiger partial charge in [-0.25, -0.2) is 4.58 Å². The van der Waals surface area contributed by atoms with E-state index in [4.69, 9.17) is 0 Å². The van der Waals surface area contributed by atoms with Crippen molar-refractivity contribution in [1.29, 1.82) is 0 Å². The molecule has 1 heteroatoms. The van der Waals surface area contributed by atoms with Gasteiger partial charge in [-0.15, -0.1) is 0 Å². The van der Waals surface area contributed by atoms with Crippen LogP contribution in [0.15, 0.2) is 37.6 Å². The number of nitrogens with zero attached hydrogens (tertiary/aromatic N) is 1. The van der Waals surface area contributed by atoms with Crippen LogP contribution < -0.4 is 0 Å². The molecule has 0 aromatic heterocycles. The summed E-state index contributed by atoms with van der Waals surface area (Å²) in [4.78, 5) is 0. The maximum atomic E-state index is 3.70. The molecule has 0 aromatic rings. The molecule has 0 aliphatic heterocycles. The highest BCUT2D eigenvalue weighted by atomic mass is 15.0. The monoisotopic (exact) mass is 192 g/mol. The van der Waals surface area contributed by atoms with Crippen LogP contribution in [0.5, 0.6) is 0 Å². The van der Waals surface area contributed by atoms with Gasteiger partial charge in [0.1, 0.15) is 6.54 Å². The smallest absolute Gasteiger partial charge is 0.168 e. The summed E-state index contributed by atoms with van der Waals surface area (Å²) in [5, 5.41) is 0. The predicted molar refractivity (Wildman–Crippen MR) is 64.8 cm³/mol. The molecule has 0 bridgehead atoms. The summed E-state index contributed by atoms with van der Waals surface area (Å²) in [5.74, 6) is 0. The zero-order valence-electron chi connectivity index (χ0n) is 9.66. The van der Waals surface area contributed by atoms with Crippen molar-refractivity contribution in [3.05, 3.63) is 37.6 Å². The van der Waals surface area contributed by atoms with E-state index in [0.717, 1.165) is 13.0 Å². The van der Waals surface area contributed by atoms with E-state index in [1.165, 1.54) is 0 Å². The average Bonchev–Trinajstić information content (AvgIpc) is 2.08. The topological polar surface area (TPSA) is 3.01 Å². The van der Waals surface area contributed by atoms with E-state index in [1.807, 2.05) is 18.5 Å². The molecule has 0 N–H and O–H groups in total. The number of hydrogen-bond acceptors (Lipinski definition) is 0. The molecule has 78 valence electrons. The Labute approximate surface area is 88.2 Å². The molecule has 0 aliphatic carbocycles. The molecule has 0 spiro atoms. The fraction of sp³-hybridized carbons (Fsp3) is 0.462. The quantitative estimate of drug-likeness (QED) is 0.357. The molecule has 0 saturated carbocycles. The van der Waals surface area contributed by atoms with Crippen LogP contribution in [0.3, 0.4) is 0 Å². The van der Waals surface area contributed by atoms with E-state index in [-0.39, 0.29) is 0 Å². The molecular weight excluding hydrogens is 170 g/mol. The SMILES string of the molecule is C=CC=[N+](/C=C\C=C)CCC(C)(C)C. The minimum Gasteiger partial charge on any atom is -0.205 e. The Morgan fingerprint density at radius 1 is 1.14 bits per heavy atom. The second-order valence-corrected chi connectivity index (χ2v) is 4.51. The number of allylic oxidation sites excluding steroid dienone is 3. The molecule has 0 unspecified atom stereocenters. The van der Waals surface area contributed by atoms with Crippen LogP contribution in [0.1, 0.15) is 27.2 Å². The standard InChI is InChI=1S/C13H22N/c1-6-8-11-14(10-7-2)12-9-13(3,4)5/h6-8,10-11H,1-2,9,12H2,3-5H3/q+1/b11-8-,14-10?. The Bertz CT molecular complexity index is 238. The van der Waals surface area contributed by atoms with Crippen molar-refractivity contribution >= 4 is 6.21 Å². The van der Waals surface area contributed by atoms with Crippen LogP contribution in [0, 0.1) is 5.41 Å². The van der Waals surface area contributed by atoms with Gasteiger partial charge in [0.15, 0.2) is 12.4 Å². The lowest BCUT2D eigenvalue weighted by molar-refractivity contribution is -0.454. The summed E-state index contributed by atoms with van der Waals surface area (Å²) in [6.45, 7) is 15.1. The lowest BCUT2D eigenvalue weighted by Crippen LogP contribution is -2.15. The zero-order valence-corrected chi connectivity index (χ0v) is 9.66. The Hall–Kier alpha value is -1.11. The van der Waals surface area contributed by atoms with Gasteiger partial charge in [-0.1, -0.05) is 40.0 Å². The largest absolute Gasteiger partial charge is 0.205 e. The summed E-state index contributed by atoms with van der Waals surface area (Å²) >= 11 is 0. The van der Waals surface area contributed by atoms with Crippen molar-refractivity contribution in [3.63, 3.8) is 0 Å². The second kappa shape index (κ2) is 6.36. The predicted octanol–water partition coefficient (Wildman–Crippen LogP) is 3.39. The molecule has 14 heavy (non-hydrogen) atoms. The third kappa shape index (κ3) is 7.53. The molecule has 0 heterocycles. The Morgan fingerprint density at radius 2 is 1.79 bits per heavy atom. The van der Waals surface area contributed by atoms with Crippen LogP contribution in [0.25, 0.3) is 0 Å². The van der Waals surface area contributed by atoms with Crippen LogP contribution in [0.2, 0.25) is 0 Å². The highest BCUT2D eigenvalue weighted by Crippen LogP contribution is 2.17. The number of rotatable bonds is 5. The second-order valence-electron chi connectivity index (χ2n) is 4.51. The van der Waals surface area contributed by atoms with E-state index >= 15 is 0 Å². The van der Waals surface area contributed by atoms with Gasteiger partial charge in [0.2, 0.25) is 0 Å². The summed E-state index contributed by atoms with van der Waals surface area (Å²) in [7, 11) is 0. The molecule has 0 radical (unpaired) electrons. The summed E-state index contributed by atoms with van der Waals surface area (Å²) in [6.07, 6.45) is 10.7. The van der Waals surface area contributed by atoms with Gasteiger partial charge in [0.05, 0.1) is 0 Å². The third-order valence-electron chi connectivity index (χ3n) is 1.83. The Balaban J connectivity index is 4.25. The van der Waals surface area contributed by atoms with E-state index in [0.29, 0.717) is 5.41 Å². The number of hydrogen-bond donors (Lipinski definition) is 0. The summed E-state index contributed by atoms with van der Waals surface area (Å²) in [6, 6.07) is 0. The molecule has 0 amide bonds. The van der Waals surface area contributed by atoms with Crippen molar-refractivity contribution in [2.24, 2.45) is 5.41 Å². The van der Waals surface area contributed by atoms with Gasteiger partial charge in [0.25, 0.3) is 0 Å². The molecule has 0 rings (SSSR count). The first-order valence-corrected chi connectivity index (χ1v) is 5.00. The summed E-state index contributed by atoms with van der Waals surface area (Å²) in [5.41, 5.74) is 0.370. The molecule has 1 nitrogen and oxygen atoms in total. The van der Waals surface area contributed by atoms with Crippen LogP contribution in [-0.4, -0.2) is 17.3 Å². The minimum absolute atomic E-state index is 0.370. The van der Waals surface area contributed by atoms with Crippen molar-refractivity contribution < 1.29 is 4.58 Å². The first kappa shape index (κ1) is 12.9. The first-order chi connectivity index (χ1) is 6.49. The Morgan fingerprint density at radius 3 is 2.21 bits per heavy atom. The maximum absolute atomic E-state index is 3.70. The van der Waals surface area contributed by atoms with E-state index in [9.17, 15) is 0 Å². The molecule has 0 fully saturated rings. The maximum Gasteiger partial charge on any atom is 0.168 e. The molecule has 0 aliphatic rings. The lowest BCUT2D eigenvalue weighted by atomic mass is 9.92. The fourth-order valence-corrected chi connectivity index (χ4v) is 0.970. The zero-order chi connectivity index (χ0) is 11.0. The van der Waals surface area contributed by atoms with Crippen molar-refractivity contribution in [2.75, 3.05) is 6.54 Å². The van der Waals surface area contributed by atoms with Gasteiger partial charge in [0, 0.05) is 12.5 Å². The van der Waals surface area contributed by atoms with Gasteiger partial charge < -0.3 is 0 Å². The summed E-state index contributed by atoms with van der Waals surface area (Å²) < 4.78 is 2.12. The van der Waals surface area contributed by atoms with E-state index < -0.39 is 0 Å². The molecule has 0 aromatic carbocycles. The van der Waals surface area contributed by atoms with E-state index in [1.54, 1.807) is 12.2 Å². The lowest BCUT2D eigenvalue weighted by Gasteiger charge is -2.15. The highest BCUT2D eigenvalue weighted by Gasteiger charge is 2.12. The van der Waals surface area contributed by atoms with Gasteiger partial charge in [-0.2, -0.15) is 0 Å². The normalized spacial score (nSPS) is 13.2. The fourth-order valence-electron chi connectivity index (χ4n) is 0.970. The highest BCUT2D eigenvalue weighted by molar-refractivity contribution is 5.65. The van der Waals surface area contributed by atoms with Crippen LogP contribution >= 0.6 is 0 Å². The minimum atomic E-state index is 0.370. The van der Waals surface area contributed by atoms with Gasteiger partial charge >= 0.3 is 0 Å². The van der Waals surface area contributed by atoms with Crippen LogP contribution in [0.4, 0.5) is 0 Å². The van der Waals surface area contributed by atoms with Crippen molar-refractivity contribution in [2.45, 2.75) is 27.2 Å². The Kier molecular flexibility index (Phi) is 5.86. The molecular formula is C13H22N+. The van der Waals surface area contributed by atoms with E-state index in [2.05, 4.69) is 38.5 Å². The van der Waals surface area contributed by atoms with Gasteiger partial charge in [-0.3, -0.25) is 0 Å². The third-order valence-corrected chi connectivity index (χ3v) is 1.83. The van der Waals surface area contributed by atoms with Gasteiger partial charge in [-0.05, 0) is 11.5 Å². The van der Waals surface area contributed by atoms with Crippen LogP contribution in [-0.2, 0) is 0 Å². The average molecular weight is 192 g/mol.